The Hall–Kier alpha value is -2.87. The molecule has 0 aliphatic heterocycles. The summed E-state index contributed by atoms with van der Waals surface area (Å²) in [6, 6.07) is 5.14. The summed E-state index contributed by atoms with van der Waals surface area (Å²) in [4.78, 5) is 32.1. The number of aryl methyl sites for hydroxylation is 2. The molecule has 7 nitrogen and oxygen atoms in total. The molecule has 1 aliphatic rings. The van der Waals surface area contributed by atoms with E-state index in [0.717, 1.165) is 36.9 Å². The maximum atomic E-state index is 13.0. The molecular weight excluding hydrogens is 390 g/mol. The number of ether oxygens (including phenoxy) is 2. The first-order valence-electron chi connectivity index (χ1n) is 9.58. The van der Waals surface area contributed by atoms with Crippen molar-refractivity contribution in [3.05, 3.63) is 56.4 Å². The van der Waals surface area contributed by atoms with Gasteiger partial charge in [-0.1, -0.05) is 6.07 Å². The molecule has 1 amide bonds. The van der Waals surface area contributed by atoms with Gasteiger partial charge in [0, 0.05) is 16.8 Å². The Balaban J connectivity index is 1.62. The van der Waals surface area contributed by atoms with Crippen LogP contribution in [0.25, 0.3) is 4.96 Å². The lowest BCUT2D eigenvalue weighted by atomic mass is 10.0. The van der Waals surface area contributed by atoms with Crippen molar-refractivity contribution in [2.75, 3.05) is 14.2 Å². The van der Waals surface area contributed by atoms with Gasteiger partial charge in [-0.15, -0.1) is 11.3 Å². The molecule has 1 aromatic carbocycles. The molecule has 29 heavy (non-hydrogen) atoms. The van der Waals surface area contributed by atoms with Gasteiger partial charge in [-0.2, -0.15) is 0 Å². The molecule has 0 fully saturated rings. The number of carbonyl (C=O) groups is 1. The van der Waals surface area contributed by atoms with Crippen LogP contribution in [0.4, 0.5) is 0 Å². The number of fused-ring (bicyclic) bond motifs is 3. The van der Waals surface area contributed by atoms with E-state index in [9.17, 15) is 9.59 Å². The quantitative estimate of drug-likeness (QED) is 0.695. The van der Waals surface area contributed by atoms with E-state index in [1.54, 1.807) is 36.0 Å². The number of aromatic nitrogens is 2. The molecule has 0 saturated carbocycles. The highest BCUT2D eigenvalue weighted by molar-refractivity contribution is 7.17. The monoisotopic (exact) mass is 413 g/mol. The van der Waals surface area contributed by atoms with Gasteiger partial charge in [0.1, 0.15) is 5.56 Å². The van der Waals surface area contributed by atoms with Crippen molar-refractivity contribution in [2.24, 2.45) is 0 Å². The molecule has 1 atom stereocenters. The number of rotatable bonds is 5. The van der Waals surface area contributed by atoms with Crippen LogP contribution in [0.5, 0.6) is 11.5 Å². The van der Waals surface area contributed by atoms with Crippen LogP contribution in [0.15, 0.2) is 29.2 Å². The average molecular weight is 413 g/mol. The van der Waals surface area contributed by atoms with Gasteiger partial charge < -0.3 is 14.8 Å². The Morgan fingerprint density at radius 1 is 1.21 bits per heavy atom. The Morgan fingerprint density at radius 3 is 2.72 bits per heavy atom. The summed E-state index contributed by atoms with van der Waals surface area (Å²) in [7, 11) is 3.14. The number of nitrogens with one attached hydrogen (secondary N) is 1. The number of nitrogens with zero attached hydrogens (tertiary/aromatic N) is 2. The fourth-order valence-electron chi connectivity index (χ4n) is 3.70. The summed E-state index contributed by atoms with van der Waals surface area (Å²) in [6.45, 7) is 1.86. The predicted molar refractivity (Wildman–Crippen MR) is 111 cm³/mol. The van der Waals surface area contributed by atoms with Crippen LogP contribution in [0.3, 0.4) is 0 Å². The number of hydrogen-bond donors (Lipinski definition) is 1. The number of benzene rings is 1. The maximum absolute atomic E-state index is 13.0. The second-order valence-electron chi connectivity index (χ2n) is 7.08. The van der Waals surface area contributed by atoms with Crippen LogP contribution in [0.1, 0.15) is 52.3 Å². The van der Waals surface area contributed by atoms with Gasteiger partial charge in [0.05, 0.1) is 20.3 Å². The van der Waals surface area contributed by atoms with Crippen molar-refractivity contribution >= 4 is 22.2 Å². The summed E-state index contributed by atoms with van der Waals surface area (Å²) in [5.41, 5.74) is 1.61. The van der Waals surface area contributed by atoms with Crippen molar-refractivity contribution in [1.82, 2.24) is 14.7 Å². The van der Waals surface area contributed by atoms with Gasteiger partial charge in [0.2, 0.25) is 0 Å². The fourth-order valence-corrected chi connectivity index (χ4v) is 4.87. The highest BCUT2D eigenvalue weighted by atomic mass is 32.1. The van der Waals surface area contributed by atoms with Crippen molar-refractivity contribution in [1.29, 1.82) is 0 Å². The zero-order valence-electron chi connectivity index (χ0n) is 16.7. The van der Waals surface area contributed by atoms with E-state index in [1.165, 1.54) is 11.1 Å². The summed E-state index contributed by atoms with van der Waals surface area (Å²) in [5.74, 6) is 0.763. The number of amides is 1. The van der Waals surface area contributed by atoms with Crippen molar-refractivity contribution in [3.63, 3.8) is 0 Å². The van der Waals surface area contributed by atoms with Crippen molar-refractivity contribution in [2.45, 2.75) is 38.6 Å². The van der Waals surface area contributed by atoms with Gasteiger partial charge >= 0.3 is 0 Å². The highest BCUT2D eigenvalue weighted by Crippen LogP contribution is 2.30. The third-order valence-corrected chi connectivity index (χ3v) is 6.46. The van der Waals surface area contributed by atoms with E-state index in [1.807, 2.05) is 19.1 Å². The first-order valence-corrected chi connectivity index (χ1v) is 10.4. The number of carbonyl (C=O) groups excluding carboxylic acids is 1. The number of hydrogen-bond acceptors (Lipinski definition) is 6. The summed E-state index contributed by atoms with van der Waals surface area (Å²) in [6.07, 6.45) is 5.39. The van der Waals surface area contributed by atoms with Crippen LogP contribution in [0, 0.1) is 0 Å². The topological polar surface area (TPSA) is 81.9 Å². The molecule has 3 aromatic rings. The predicted octanol–water partition coefficient (Wildman–Crippen LogP) is 3.14. The molecule has 0 saturated heterocycles. The van der Waals surface area contributed by atoms with Crippen LogP contribution >= 0.6 is 11.3 Å². The van der Waals surface area contributed by atoms with Crippen LogP contribution in [-0.2, 0) is 12.8 Å². The molecule has 2 aromatic heterocycles. The zero-order valence-corrected chi connectivity index (χ0v) is 17.5. The van der Waals surface area contributed by atoms with Gasteiger partial charge in [-0.3, -0.25) is 14.0 Å². The highest BCUT2D eigenvalue weighted by Gasteiger charge is 2.22. The van der Waals surface area contributed by atoms with E-state index in [4.69, 9.17) is 9.47 Å². The molecule has 4 rings (SSSR count). The first kappa shape index (κ1) is 19.4. The lowest BCUT2D eigenvalue weighted by molar-refractivity contribution is 0.0937. The van der Waals surface area contributed by atoms with E-state index in [2.05, 4.69) is 10.3 Å². The molecule has 1 N–H and O–H groups in total. The SMILES string of the molecule is COc1ccc([C@@H](C)NC(=O)c2cnc3sc4c(n3c2=O)CCCC4)cc1OC. The van der Waals surface area contributed by atoms with Crippen LogP contribution in [0.2, 0.25) is 0 Å². The molecule has 0 bridgehead atoms. The lowest BCUT2D eigenvalue weighted by Crippen LogP contribution is -2.33. The van der Waals surface area contributed by atoms with Crippen molar-refractivity contribution in [3.8, 4) is 11.5 Å². The standard InChI is InChI=1S/C21H23N3O4S/c1-12(13-8-9-16(27-2)17(10-13)28-3)23-19(25)14-11-22-21-24(20(14)26)15-6-4-5-7-18(15)29-21/h8-12H,4-7H2,1-3H3,(H,23,25)/t12-/m1/s1. The number of methoxy groups -OCH3 is 2. The second-order valence-corrected chi connectivity index (χ2v) is 8.15. The Labute approximate surface area is 172 Å². The van der Waals surface area contributed by atoms with E-state index < -0.39 is 5.91 Å². The molecule has 152 valence electrons. The largest absolute Gasteiger partial charge is 0.493 e. The maximum Gasteiger partial charge on any atom is 0.271 e. The Morgan fingerprint density at radius 2 is 1.97 bits per heavy atom. The number of thiazole rings is 1. The smallest absolute Gasteiger partial charge is 0.271 e. The molecule has 2 heterocycles. The lowest BCUT2D eigenvalue weighted by Gasteiger charge is -2.16. The summed E-state index contributed by atoms with van der Waals surface area (Å²) < 4.78 is 12.2. The van der Waals surface area contributed by atoms with Gasteiger partial charge in [0.15, 0.2) is 16.5 Å². The van der Waals surface area contributed by atoms with Crippen LogP contribution < -0.4 is 20.3 Å². The third kappa shape index (κ3) is 3.48. The van der Waals surface area contributed by atoms with Gasteiger partial charge in [0.25, 0.3) is 11.5 Å². The second kappa shape index (κ2) is 7.87. The third-order valence-electron chi connectivity index (χ3n) is 5.30. The minimum absolute atomic E-state index is 0.0565. The minimum atomic E-state index is -0.435. The Bertz CT molecular complexity index is 1130. The molecule has 8 heteroatoms. The van der Waals surface area contributed by atoms with Gasteiger partial charge in [-0.25, -0.2) is 4.98 Å². The van der Waals surface area contributed by atoms with E-state index in [0.29, 0.717) is 16.5 Å². The average Bonchev–Trinajstić information content (AvgIpc) is 3.12. The molecular formula is C21H23N3O4S. The molecule has 0 spiro atoms. The Kier molecular flexibility index (Phi) is 5.27. The van der Waals surface area contributed by atoms with E-state index in [-0.39, 0.29) is 17.2 Å². The summed E-state index contributed by atoms with van der Waals surface area (Å²) >= 11 is 1.55. The zero-order chi connectivity index (χ0) is 20.5. The molecule has 1 aliphatic carbocycles. The first-order chi connectivity index (χ1) is 14.0. The molecule has 0 unspecified atom stereocenters. The summed E-state index contributed by atoms with van der Waals surface area (Å²) in [5, 5.41) is 2.89. The van der Waals surface area contributed by atoms with Gasteiger partial charge in [-0.05, 0) is 50.3 Å². The van der Waals surface area contributed by atoms with Crippen molar-refractivity contribution < 1.29 is 14.3 Å². The minimum Gasteiger partial charge on any atom is -0.493 e. The van der Waals surface area contributed by atoms with E-state index >= 15 is 0 Å². The fraction of sp³-hybridized carbons (Fsp3) is 0.381. The van der Waals surface area contributed by atoms with Crippen LogP contribution in [-0.4, -0.2) is 29.5 Å². The normalized spacial score (nSPS) is 14.3. The molecule has 0 radical (unpaired) electrons.